The van der Waals surface area contributed by atoms with Crippen LogP contribution in [0.4, 0.5) is 4.79 Å². The first kappa shape index (κ1) is 15.6. The SMILES string of the molecule is CC1CCC(C)C(NC2CC2NC(=O)OC(C)(C)C)C1. The molecule has 0 aliphatic heterocycles. The largest absolute Gasteiger partial charge is 0.444 e. The van der Waals surface area contributed by atoms with E-state index < -0.39 is 5.60 Å². The summed E-state index contributed by atoms with van der Waals surface area (Å²) < 4.78 is 5.29. The van der Waals surface area contributed by atoms with Gasteiger partial charge in [0.1, 0.15) is 5.60 Å². The van der Waals surface area contributed by atoms with Gasteiger partial charge in [-0.15, -0.1) is 0 Å². The van der Waals surface area contributed by atoms with Crippen molar-refractivity contribution in [2.75, 3.05) is 0 Å². The number of ether oxygens (including phenoxy) is 1. The van der Waals surface area contributed by atoms with Gasteiger partial charge in [0.25, 0.3) is 0 Å². The molecular formula is C16H30N2O2. The molecule has 2 rings (SSSR count). The van der Waals surface area contributed by atoms with Crippen molar-refractivity contribution in [3.05, 3.63) is 0 Å². The van der Waals surface area contributed by atoms with Gasteiger partial charge in [0.05, 0.1) is 0 Å². The Balaban J connectivity index is 1.71. The molecule has 0 saturated heterocycles. The summed E-state index contributed by atoms with van der Waals surface area (Å²) in [7, 11) is 0. The molecule has 116 valence electrons. The van der Waals surface area contributed by atoms with Gasteiger partial charge in [-0.3, -0.25) is 0 Å². The predicted molar refractivity (Wildman–Crippen MR) is 80.7 cm³/mol. The van der Waals surface area contributed by atoms with Crippen LogP contribution < -0.4 is 10.6 Å². The average Bonchev–Trinajstić information content (AvgIpc) is 2.99. The molecule has 0 heterocycles. The third kappa shape index (κ3) is 4.65. The molecule has 4 heteroatoms. The number of hydrogen-bond acceptors (Lipinski definition) is 3. The molecule has 0 bridgehead atoms. The average molecular weight is 282 g/mol. The maximum Gasteiger partial charge on any atom is 0.407 e. The van der Waals surface area contributed by atoms with Crippen molar-refractivity contribution < 1.29 is 9.53 Å². The summed E-state index contributed by atoms with van der Waals surface area (Å²) in [5.74, 6) is 1.56. The molecule has 0 aromatic carbocycles. The Labute approximate surface area is 123 Å². The highest BCUT2D eigenvalue weighted by Crippen LogP contribution is 2.31. The quantitative estimate of drug-likeness (QED) is 0.836. The van der Waals surface area contributed by atoms with Gasteiger partial charge in [-0.2, -0.15) is 0 Å². The van der Waals surface area contributed by atoms with Gasteiger partial charge in [-0.05, 0) is 51.9 Å². The molecule has 0 aromatic heterocycles. The standard InChI is InChI=1S/C16H30N2O2/c1-10-6-7-11(2)12(8-10)17-13-9-14(13)18-15(19)20-16(3,4)5/h10-14,17H,6-9H2,1-5H3,(H,18,19). The predicted octanol–water partition coefficient (Wildman–Crippen LogP) is 3.07. The number of amides is 1. The summed E-state index contributed by atoms with van der Waals surface area (Å²) in [5, 5.41) is 6.67. The summed E-state index contributed by atoms with van der Waals surface area (Å²) in [6.45, 7) is 10.3. The van der Waals surface area contributed by atoms with Crippen molar-refractivity contribution in [3.8, 4) is 0 Å². The van der Waals surface area contributed by atoms with E-state index in [9.17, 15) is 4.79 Å². The van der Waals surface area contributed by atoms with Crippen molar-refractivity contribution in [1.82, 2.24) is 10.6 Å². The molecule has 0 aromatic rings. The number of carbonyl (C=O) groups excluding carboxylic acids is 1. The molecule has 4 nitrogen and oxygen atoms in total. The Kier molecular flexibility index (Phi) is 4.62. The molecule has 5 unspecified atom stereocenters. The highest BCUT2D eigenvalue weighted by molar-refractivity contribution is 5.68. The summed E-state index contributed by atoms with van der Waals surface area (Å²) in [5.41, 5.74) is -0.421. The van der Waals surface area contributed by atoms with Crippen molar-refractivity contribution in [1.29, 1.82) is 0 Å². The second-order valence-corrected chi connectivity index (χ2v) is 7.76. The summed E-state index contributed by atoms with van der Waals surface area (Å²) in [6, 6.07) is 1.28. The molecule has 5 atom stereocenters. The first-order valence-electron chi connectivity index (χ1n) is 8.00. The zero-order valence-corrected chi connectivity index (χ0v) is 13.5. The Morgan fingerprint density at radius 3 is 2.40 bits per heavy atom. The molecule has 0 radical (unpaired) electrons. The fourth-order valence-electron chi connectivity index (χ4n) is 3.04. The van der Waals surface area contributed by atoms with Crippen LogP contribution in [0.25, 0.3) is 0 Å². The molecule has 1 amide bonds. The van der Waals surface area contributed by atoms with Crippen molar-refractivity contribution in [3.63, 3.8) is 0 Å². The van der Waals surface area contributed by atoms with Crippen LogP contribution in [0.15, 0.2) is 0 Å². The fraction of sp³-hybridized carbons (Fsp3) is 0.938. The summed E-state index contributed by atoms with van der Waals surface area (Å²) in [6.07, 6.45) is 4.66. The minimum absolute atomic E-state index is 0.245. The van der Waals surface area contributed by atoms with E-state index in [2.05, 4.69) is 24.5 Å². The number of rotatable bonds is 3. The molecular weight excluding hydrogens is 252 g/mol. The fourth-order valence-corrected chi connectivity index (χ4v) is 3.04. The first-order valence-corrected chi connectivity index (χ1v) is 8.00. The maximum atomic E-state index is 11.7. The smallest absolute Gasteiger partial charge is 0.407 e. The van der Waals surface area contributed by atoms with Crippen LogP contribution in [-0.2, 0) is 4.74 Å². The molecule has 2 fully saturated rings. The Morgan fingerprint density at radius 2 is 1.75 bits per heavy atom. The number of alkyl carbamates (subject to hydrolysis) is 1. The molecule has 20 heavy (non-hydrogen) atoms. The highest BCUT2D eigenvalue weighted by Gasteiger charge is 2.41. The van der Waals surface area contributed by atoms with Crippen LogP contribution in [0, 0.1) is 11.8 Å². The molecule has 2 aliphatic rings. The molecule has 0 spiro atoms. The minimum Gasteiger partial charge on any atom is -0.444 e. The third-order valence-corrected chi connectivity index (χ3v) is 4.38. The van der Waals surface area contributed by atoms with Crippen molar-refractivity contribution in [2.45, 2.75) is 84.0 Å². The van der Waals surface area contributed by atoms with E-state index in [-0.39, 0.29) is 12.1 Å². The lowest BCUT2D eigenvalue weighted by atomic mass is 9.80. The lowest BCUT2D eigenvalue weighted by Gasteiger charge is -2.33. The van der Waals surface area contributed by atoms with Crippen molar-refractivity contribution >= 4 is 6.09 Å². The van der Waals surface area contributed by atoms with Crippen LogP contribution in [-0.4, -0.2) is 29.8 Å². The zero-order valence-electron chi connectivity index (χ0n) is 13.5. The minimum atomic E-state index is -0.421. The van der Waals surface area contributed by atoms with Gasteiger partial charge in [0.15, 0.2) is 0 Å². The van der Waals surface area contributed by atoms with Gasteiger partial charge in [0.2, 0.25) is 0 Å². The zero-order chi connectivity index (χ0) is 14.9. The van der Waals surface area contributed by atoms with E-state index in [1.165, 1.54) is 19.3 Å². The van der Waals surface area contributed by atoms with E-state index in [0.29, 0.717) is 12.1 Å². The highest BCUT2D eigenvalue weighted by atomic mass is 16.6. The van der Waals surface area contributed by atoms with E-state index >= 15 is 0 Å². The van der Waals surface area contributed by atoms with Gasteiger partial charge in [-0.25, -0.2) is 4.79 Å². The first-order chi connectivity index (χ1) is 9.24. The van der Waals surface area contributed by atoms with Gasteiger partial charge < -0.3 is 15.4 Å². The van der Waals surface area contributed by atoms with Gasteiger partial charge >= 0.3 is 6.09 Å². The molecule has 2 saturated carbocycles. The molecule has 2 aliphatic carbocycles. The van der Waals surface area contributed by atoms with Crippen LogP contribution in [0.1, 0.15) is 60.3 Å². The lowest BCUT2D eigenvalue weighted by molar-refractivity contribution is 0.0521. The third-order valence-electron chi connectivity index (χ3n) is 4.38. The van der Waals surface area contributed by atoms with E-state index in [1.54, 1.807) is 0 Å². The van der Waals surface area contributed by atoms with E-state index in [0.717, 1.165) is 18.3 Å². The van der Waals surface area contributed by atoms with Crippen LogP contribution >= 0.6 is 0 Å². The van der Waals surface area contributed by atoms with Crippen LogP contribution in [0.3, 0.4) is 0 Å². The maximum absolute atomic E-state index is 11.7. The second kappa shape index (κ2) is 5.92. The normalized spacial score (nSPS) is 37.4. The summed E-state index contributed by atoms with van der Waals surface area (Å²) >= 11 is 0. The monoisotopic (exact) mass is 282 g/mol. The van der Waals surface area contributed by atoms with Crippen LogP contribution in [0.5, 0.6) is 0 Å². The molecule has 2 N–H and O–H groups in total. The number of hydrogen-bond donors (Lipinski definition) is 2. The second-order valence-electron chi connectivity index (χ2n) is 7.76. The van der Waals surface area contributed by atoms with Crippen molar-refractivity contribution in [2.24, 2.45) is 11.8 Å². The Morgan fingerprint density at radius 1 is 1.05 bits per heavy atom. The van der Waals surface area contributed by atoms with Gasteiger partial charge in [-0.1, -0.05) is 20.3 Å². The lowest BCUT2D eigenvalue weighted by Crippen LogP contribution is -2.43. The number of carbonyl (C=O) groups is 1. The Bertz CT molecular complexity index is 351. The Hall–Kier alpha value is -0.770. The summed E-state index contributed by atoms with van der Waals surface area (Å²) in [4.78, 5) is 11.7. The van der Waals surface area contributed by atoms with Gasteiger partial charge in [0, 0.05) is 18.1 Å². The number of nitrogens with one attached hydrogen (secondary N) is 2. The van der Waals surface area contributed by atoms with E-state index in [1.807, 2.05) is 20.8 Å². The van der Waals surface area contributed by atoms with Crippen LogP contribution in [0.2, 0.25) is 0 Å². The van der Waals surface area contributed by atoms with E-state index in [4.69, 9.17) is 4.74 Å². The topological polar surface area (TPSA) is 50.4 Å².